The van der Waals surface area contributed by atoms with E-state index in [1.54, 1.807) is 42.6 Å². The molecule has 0 atom stereocenters. The lowest BCUT2D eigenvalue weighted by Crippen LogP contribution is -2.23. The Balaban J connectivity index is 1.66. The molecule has 31 heavy (non-hydrogen) atoms. The van der Waals surface area contributed by atoms with E-state index in [-0.39, 0.29) is 17.2 Å². The lowest BCUT2D eigenvalue weighted by molar-refractivity contribution is -0.113. The van der Waals surface area contributed by atoms with Gasteiger partial charge in [0.15, 0.2) is 5.16 Å². The third-order valence-electron chi connectivity index (χ3n) is 4.60. The first-order valence-corrected chi connectivity index (χ1v) is 10.9. The van der Waals surface area contributed by atoms with Gasteiger partial charge in [0.2, 0.25) is 5.91 Å². The third kappa shape index (κ3) is 4.62. The number of thioether (sulfide) groups is 1. The number of pyridine rings is 1. The van der Waals surface area contributed by atoms with Gasteiger partial charge in [0.25, 0.3) is 5.56 Å². The van der Waals surface area contributed by atoms with Gasteiger partial charge in [0, 0.05) is 6.20 Å². The van der Waals surface area contributed by atoms with Gasteiger partial charge in [0.1, 0.15) is 5.82 Å². The second-order valence-electron chi connectivity index (χ2n) is 7.07. The molecule has 0 unspecified atom stereocenters. The number of nitrogens with zero attached hydrogens (tertiary/aromatic N) is 3. The molecule has 0 saturated carbocycles. The summed E-state index contributed by atoms with van der Waals surface area (Å²) in [5.41, 5.74) is 2.87. The van der Waals surface area contributed by atoms with Crippen molar-refractivity contribution in [2.24, 2.45) is 0 Å². The van der Waals surface area contributed by atoms with E-state index in [2.05, 4.69) is 15.3 Å². The molecule has 0 aliphatic rings. The van der Waals surface area contributed by atoms with Crippen molar-refractivity contribution in [1.82, 2.24) is 14.5 Å². The van der Waals surface area contributed by atoms with Crippen LogP contribution in [0.15, 0.2) is 70.7 Å². The molecule has 0 fully saturated rings. The number of hydrogen-bond donors (Lipinski definition) is 1. The molecule has 156 valence electrons. The molecule has 0 aliphatic carbocycles. The summed E-state index contributed by atoms with van der Waals surface area (Å²) >= 11 is 7.38. The van der Waals surface area contributed by atoms with Crippen LogP contribution in [0.5, 0.6) is 0 Å². The van der Waals surface area contributed by atoms with Crippen molar-refractivity contribution in [3.05, 3.63) is 87.3 Å². The Kier molecular flexibility index (Phi) is 6.06. The van der Waals surface area contributed by atoms with Crippen molar-refractivity contribution in [1.29, 1.82) is 0 Å². The van der Waals surface area contributed by atoms with Gasteiger partial charge >= 0.3 is 0 Å². The molecule has 1 amide bonds. The monoisotopic (exact) mass is 450 g/mol. The summed E-state index contributed by atoms with van der Waals surface area (Å²) in [6.45, 7) is 3.85. The van der Waals surface area contributed by atoms with Crippen LogP contribution in [0.3, 0.4) is 0 Å². The van der Waals surface area contributed by atoms with Gasteiger partial charge in [0.05, 0.1) is 27.4 Å². The smallest absolute Gasteiger partial charge is 0.267 e. The zero-order valence-electron chi connectivity index (χ0n) is 16.9. The maximum atomic E-state index is 13.2. The number of fused-ring (bicyclic) bond motifs is 1. The molecule has 2 aromatic carbocycles. The molecule has 0 bridgehead atoms. The van der Waals surface area contributed by atoms with E-state index in [1.165, 1.54) is 16.3 Å². The Morgan fingerprint density at radius 3 is 2.61 bits per heavy atom. The van der Waals surface area contributed by atoms with Gasteiger partial charge in [-0.3, -0.25) is 9.59 Å². The molecule has 8 heteroatoms. The molecule has 4 aromatic rings. The van der Waals surface area contributed by atoms with Crippen molar-refractivity contribution in [3.63, 3.8) is 0 Å². The molecule has 0 saturated heterocycles. The highest BCUT2D eigenvalue weighted by atomic mass is 35.5. The molecule has 0 spiro atoms. The molecule has 0 radical (unpaired) electrons. The normalized spacial score (nSPS) is 10.9. The van der Waals surface area contributed by atoms with E-state index < -0.39 is 0 Å². The fourth-order valence-electron chi connectivity index (χ4n) is 3.04. The number of benzene rings is 2. The van der Waals surface area contributed by atoms with E-state index in [1.807, 2.05) is 32.0 Å². The number of amides is 1. The predicted molar refractivity (Wildman–Crippen MR) is 125 cm³/mol. The molecule has 1 N–H and O–H groups in total. The predicted octanol–water partition coefficient (Wildman–Crippen LogP) is 4.78. The van der Waals surface area contributed by atoms with Crippen LogP contribution in [0.2, 0.25) is 5.02 Å². The largest absolute Gasteiger partial charge is 0.324 e. The molecule has 0 aliphatic heterocycles. The topological polar surface area (TPSA) is 76.9 Å². The minimum atomic E-state index is -0.249. The summed E-state index contributed by atoms with van der Waals surface area (Å²) in [4.78, 5) is 34.7. The molecule has 2 heterocycles. The number of anilines is 1. The second kappa shape index (κ2) is 8.91. The van der Waals surface area contributed by atoms with Crippen LogP contribution < -0.4 is 10.9 Å². The Labute approximate surface area is 188 Å². The number of aryl methyl sites for hydroxylation is 2. The van der Waals surface area contributed by atoms with Gasteiger partial charge in [-0.25, -0.2) is 14.5 Å². The first-order chi connectivity index (χ1) is 14.9. The summed E-state index contributed by atoms with van der Waals surface area (Å²) in [5.74, 6) is 0.265. The summed E-state index contributed by atoms with van der Waals surface area (Å²) in [5, 5.41) is 4.16. The van der Waals surface area contributed by atoms with Crippen LogP contribution in [0.25, 0.3) is 16.7 Å². The number of carbonyl (C=O) groups is 1. The second-order valence-corrected chi connectivity index (χ2v) is 8.42. The van der Waals surface area contributed by atoms with Crippen LogP contribution in [-0.4, -0.2) is 26.2 Å². The number of hydrogen-bond acceptors (Lipinski definition) is 5. The van der Waals surface area contributed by atoms with Crippen LogP contribution in [-0.2, 0) is 4.79 Å². The van der Waals surface area contributed by atoms with Crippen LogP contribution in [0.1, 0.15) is 11.1 Å². The SMILES string of the molecule is Cc1ccc(-n2c(SCC(=O)Nc3ccc(C)cc3Cl)nc3ccccc3c2=O)nc1. The zero-order chi connectivity index (χ0) is 22.0. The maximum absolute atomic E-state index is 13.2. The first-order valence-electron chi connectivity index (χ1n) is 9.56. The Hall–Kier alpha value is -3.16. The van der Waals surface area contributed by atoms with E-state index in [0.29, 0.717) is 32.6 Å². The molecule has 4 rings (SSSR count). The average Bonchev–Trinajstić information content (AvgIpc) is 2.75. The van der Waals surface area contributed by atoms with Crippen molar-refractivity contribution in [2.45, 2.75) is 19.0 Å². The number of aromatic nitrogens is 3. The number of carbonyl (C=O) groups excluding carboxylic acids is 1. The zero-order valence-corrected chi connectivity index (χ0v) is 18.5. The van der Waals surface area contributed by atoms with Crippen molar-refractivity contribution < 1.29 is 4.79 Å². The number of nitrogens with one attached hydrogen (secondary N) is 1. The van der Waals surface area contributed by atoms with Crippen LogP contribution in [0.4, 0.5) is 5.69 Å². The van der Waals surface area contributed by atoms with Gasteiger partial charge in [-0.05, 0) is 55.3 Å². The fraction of sp³-hybridized carbons (Fsp3) is 0.130. The van der Waals surface area contributed by atoms with Crippen LogP contribution in [0, 0.1) is 13.8 Å². The van der Waals surface area contributed by atoms with Crippen molar-refractivity contribution in [3.8, 4) is 5.82 Å². The summed E-state index contributed by atoms with van der Waals surface area (Å²) in [7, 11) is 0. The van der Waals surface area contributed by atoms with Crippen molar-refractivity contribution >= 4 is 45.9 Å². The molecule has 6 nitrogen and oxygen atoms in total. The van der Waals surface area contributed by atoms with E-state index in [9.17, 15) is 9.59 Å². The first kappa shape index (κ1) is 21.1. The minimum Gasteiger partial charge on any atom is -0.324 e. The third-order valence-corrected chi connectivity index (χ3v) is 5.85. The quantitative estimate of drug-likeness (QED) is 0.349. The van der Waals surface area contributed by atoms with Gasteiger partial charge in [-0.15, -0.1) is 0 Å². The maximum Gasteiger partial charge on any atom is 0.267 e. The standard InChI is InChI=1S/C23H19ClN4O2S/c1-14-7-9-19(17(24)11-14)26-21(29)13-31-23-27-18-6-4-3-5-16(18)22(30)28(23)20-10-8-15(2)12-25-20/h3-12H,13H2,1-2H3,(H,26,29). The fourth-order valence-corrected chi connectivity index (χ4v) is 4.12. The highest BCUT2D eigenvalue weighted by Crippen LogP contribution is 2.24. The molecule has 2 aromatic heterocycles. The lowest BCUT2D eigenvalue weighted by Gasteiger charge is -2.13. The molecular formula is C23H19ClN4O2S. The van der Waals surface area contributed by atoms with Crippen LogP contribution >= 0.6 is 23.4 Å². The summed E-state index contributed by atoms with van der Waals surface area (Å²) < 4.78 is 1.44. The van der Waals surface area contributed by atoms with Crippen molar-refractivity contribution in [2.75, 3.05) is 11.1 Å². The van der Waals surface area contributed by atoms with Gasteiger partial charge in [-0.2, -0.15) is 0 Å². The highest BCUT2D eigenvalue weighted by molar-refractivity contribution is 7.99. The number of rotatable bonds is 5. The summed E-state index contributed by atoms with van der Waals surface area (Å²) in [6.07, 6.45) is 1.69. The average molecular weight is 451 g/mol. The number of para-hydroxylation sites is 1. The Bertz CT molecular complexity index is 1340. The highest BCUT2D eigenvalue weighted by Gasteiger charge is 2.16. The van der Waals surface area contributed by atoms with E-state index in [0.717, 1.165) is 11.1 Å². The van der Waals surface area contributed by atoms with Gasteiger partial charge < -0.3 is 5.32 Å². The van der Waals surface area contributed by atoms with Gasteiger partial charge in [-0.1, -0.05) is 47.6 Å². The van der Waals surface area contributed by atoms with E-state index >= 15 is 0 Å². The number of halogens is 1. The lowest BCUT2D eigenvalue weighted by atomic mass is 10.2. The molecular weight excluding hydrogens is 432 g/mol. The van der Waals surface area contributed by atoms with E-state index in [4.69, 9.17) is 11.6 Å². The minimum absolute atomic E-state index is 0.0564. The Morgan fingerprint density at radius 2 is 1.87 bits per heavy atom. The Morgan fingerprint density at radius 1 is 1.10 bits per heavy atom. The summed E-state index contributed by atoms with van der Waals surface area (Å²) in [6, 6.07) is 16.2.